The predicted molar refractivity (Wildman–Crippen MR) is 82.8 cm³/mol. The summed E-state index contributed by atoms with van der Waals surface area (Å²) in [6.07, 6.45) is 1.01. The Morgan fingerprint density at radius 2 is 2.20 bits per heavy atom. The van der Waals surface area contributed by atoms with E-state index in [9.17, 15) is 4.79 Å². The Balaban J connectivity index is 1.84. The fourth-order valence-corrected chi connectivity index (χ4v) is 3.57. The molecule has 0 unspecified atom stereocenters. The standard InChI is InChI=1S/C16H18N2OS/c1-10-12(3)20-16(17-10)9-18-7-6-14-8-13(11(2)19)4-5-15(14)18/h4-5,8H,6-7,9H2,1-3H3. The van der Waals surface area contributed by atoms with E-state index in [1.165, 1.54) is 21.1 Å². The summed E-state index contributed by atoms with van der Waals surface area (Å²) in [7, 11) is 0. The Hall–Kier alpha value is -1.68. The molecule has 0 amide bonds. The summed E-state index contributed by atoms with van der Waals surface area (Å²) in [5.41, 5.74) is 4.48. The van der Waals surface area contributed by atoms with Gasteiger partial charge in [0, 0.05) is 22.7 Å². The SMILES string of the molecule is CC(=O)c1ccc2c(c1)CCN2Cc1nc(C)c(C)s1. The third-order valence-electron chi connectivity index (χ3n) is 3.88. The van der Waals surface area contributed by atoms with Gasteiger partial charge in [0.15, 0.2) is 5.78 Å². The molecule has 1 aliphatic heterocycles. The molecule has 3 nitrogen and oxygen atoms in total. The van der Waals surface area contributed by atoms with Gasteiger partial charge in [0.25, 0.3) is 0 Å². The first kappa shape index (κ1) is 13.3. The number of ketones is 1. The lowest BCUT2D eigenvalue weighted by Crippen LogP contribution is -2.19. The molecule has 0 atom stereocenters. The number of thiazole rings is 1. The quantitative estimate of drug-likeness (QED) is 0.809. The molecule has 0 bridgehead atoms. The molecule has 2 aromatic rings. The summed E-state index contributed by atoms with van der Waals surface area (Å²) in [6.45, 7) is 7.68. The van der Waals surface area contributed by atoms with E-state index in [0.717, 1.165) is 30.8 Å². The van der Waals surface area contributed by atoms with Gasteiger partial charge in [-0.1, -0.05) is 0 Å². The number of aromatic nitrogens is 1. The van der Waals surface area contributed by atoms with Crippen molar-refractivity contribution in [3.05, 3.63) is 44.9 Å². The predicted octanol–water partition coefficient (Wildman–Crippen LogP) is 3.53. The summed E-state index contributed by atoms with van der Waals surface area (Å²) in [4.78, 5) is 19.7. The zero-order valence-electron chi connectivity index (χ0n) is 12.1. The van der Waals surface area contributed by atoms with Crippen LogP contribution in [0.1, 0.15) is 38.4 Å². The third kappa shape index (κ3) is 2.36. The molecule has 0 saturated heterocycles. The molecule has 0 spiro atoms. The van der Waals surface area contributed by atoms with Crippen LogP contribution in [0.3, 0.4) is 0 Å². The van der Waals surface area contributed by atoms with Crippen molar-refractivity contribution in [2.24, 2.45) is 0 Å². The van der Waals surface area contributed by atoms with Crippen molar-refractivity contribution in [2.75, 3.05) is 11.4 Å². The Bertz CT molecular complexity index is 656. The minimum Gasteiger partial charge on any atom is -0.364 e. The monoisotopic (exact) mass is 286 g/mol. The van der Waals surface area contributed by atoms with Crippen molar-refractivity contribution in [3.8, 4) is 0 Å². The summed E-state index contributed by atoms with van der Waals surface area (Å²) in [5, 5.41) is 1.17. The van der Waals surface area contributed by atoms with E-state index in [0.29, 0.717) is 0 Å². The van der Waals surface area contributed by atoms with Gasteiger partial charge in [0.05, 0.1) is 12.2 Å². The number of nitrogens with zero attached hydrogens (tertiary/aromatic N) is 2. The number of anilines is 1. The second kappa shape index (κ2) is 5.02. The summed E-state index contributed by atoms with van der Waals surface area (Å²) in [5.74, 6) is 0.137. The molecular formula is C16H18N2OS. The Kier molecular flexibility index (Phi) is 3.34. The topological polar surface area (TPSA) is 33.2 Å². The number of hydrogen-bond donors (Lipinski definition) is 0. The molecule has 3 rings (SSSR count). The van der Waals surface area contributed by atoms with E-state index >= 15 is 0 Å². The van der Waals surface area contributed by atoms with Crippen molar-refractivity contribution in [3.63, 3.8) is 0 Å². The fraction of sp³-hybridized carbons (Fsp3) is 0.375. The van der Waals surface area contributed by atoms with Crippen LogP contribution in [-0.2, 0) is 13.0 Å². The molecule has 0 N–H and O–H groups in total. The highest BCUT2D eigenvalue weighted by atomic mass is 32.1. The zero-order chi connectivity index (χ0) is 14.3. The van der Waals surface area contributed by atoms with Gasteiger partial charge in [-0.3, -0.25) is 4.79 Å². The number of carbonyl (C=O) groups excluding carboxylic acids is 1. The van der Waals surface area contributed by atoms with Crippen molar-refractivity contribution < 1.29 is 4.79 Å². The molecule has 0 aliphatic carbocycles. The second-order valence-corrected chi connectivity index (χ2v) is 6.61. The molecule has 1 aromatic carbocycles. The minimum atomic E-state index is 0.137. The number of hydrogen-bond acceptors (Lipinski definition) is 4. The first-order valence-electron chi connectivity index (χ1n) is 6.86. The van der Waals surface area contributed by atoms with Crippen LogP contribution in [-0.4, -0.2) is 17.3 Å². The molecule has 104 valence electrons. The third-order valence-corrected chi connectivity index (χ3v) is 4.93. The lowest BCUT2D eigenvalue weighted by molar-refractivity contribution is 0.101. The maximum atomic E-state index is 11.4. The molecule has 0 radical (unpaired) electrons. The maximum absolute atomic E-state index is 11.4. The van der Waals surface area contributed by atoms with Crippen molar-refractivity contribution >= 4 is 22.8 Å². The molecule has 20 heavy (non-hydrogen) atoms. The van der Waals surface area contributed by atoms with E-state index in [-0.39, 0.29) is 5.78 Å². The van der Waals surface area contributed by atoms with Crippen molar-refractivity contribution in [1.29, 1.82) is 0 Å². The van der Waals surface area contributed by atoms with Crippen LogP contribution in [0, 0.1) is 13.8 Å². The molecule has 2 heterocycles. The molecule has 4 heteroatoms. The highest BCUT2D eigenvalue weighted by Gasteiger charge is 2.21. The van der Waals surface area contributed by atoms with E-state index in [1.54, 1.807) is 18.3 Å². The van der Waals surface area contributed by atoms with Crippen LogP contribution in [0.25, 0.3) is 0 Å². The van der Waals surface area contributed by atoms with Gasteiger partial charge in [-0.15, -0.1) is 11.3 Å². The van der Waals surface area contributed by atoms with Gasteiger partial charge >= 0.3 is 0 Å². The van der Waals surface area contributed by atoms with Gasteiger partial charge in [0.2, 0.25) is 0 Å². The van der Waals surface area contributed by atoms with Gasteiger partial charge < -0.3 is 4.90 Å². The second-order valence-electron chi connectivity index (χ2n) is 5.32. The lowest BCUT2D eigenvalue weighted by Gasteiger charge is -2.17. The molecular weight excluding hydrogens is 268 g/mol. The normalized spacial score (nSPS) is 13.7. The molecule has 0 fully saturated rings. The van der Waals surface area contributed by atoms with E-state index < -0.39 is 0 Å². The number of carbonyl (C=O) groups is 1. The minimum absolute atomic E-state index is 0.137. The first-order valence-corrected chi connectivity index (χ1v) is 7.68. The smallest absolute Gasteiger partial charge is 0.159 e. The number of aryl methyl sites for hydroxylation is 2. The van der Waals surface area contributed by atoms with E-state index in [1.807, 2.05) is 12.1 Å². The van der Waals surface area contributed by atoms with Crippen LogP contribution in [0.15, 0.2) is 18.2 Å². The largest absolute Gasteiger partial charge is 0.364 e. The maximum Gasteiger partial charge on any atom is 0.159 e. The van der Waals surface area contributed by atoms with E-state index in [2.05, 4.69) is 29.8 Å². The zero-order valence-corrected chi connectivity index (χ0v) is 12.9. The highest BCUT2D eigenvalue weighted by Crippen LogP contribution is 2.31. The number of Topliss-reactive ketones (excluding diaryl/α,β-unsaturated/α-hetero) is 1. The van der Waals surface area contributed by atoms with Gasteiger partial charge in [-0.25, -0.2) is 4.98 Å². The summed E-state index contributed by atoms with van der Waals surface area (Å²) >= 11 is 1.78. The Labute approximate surface area is 123 Å². The van der Waals surface area contributed by atoms with Crippen LogP contribution in [0.2, 0.25) is 0 Å². The van der Waals surface area contributed by atoms with Crippen LogP contribution in [0.5, 0.6) is 0 Å². The molecule has 1 aliphatic rings. The lowest BCUT2D eigenvalue weighted by atomic mass is 10.1. The van der Waals surface area contributed by atoms with Gasteiger partial charge in [-0.2, -0.15) is 0 Å². The fourth-order valence-electron chi connectivity index (χ4n) is 2.62. The number of benzene rings is 1. The summed E-state index contributed by atoms with van der Waals surface area (Å²) in [6, 6.07) is 6.04. The average Bonchev–Trinajstić information content (AvgIpc) is 2.94. The molecule has 0 saturated carbocycles. The highest BCUT2D eigenvalue weighted by molar-refractivity contribution is 7.11. The first-order chi connectivity index (χ1) is 9.54. The van der Waals surface area contributed by atoms with Crippen LogP contribution in [0.4, 0.5) is 5.69 Å². The van der Waals surface area contributed by atoms with E-state index in [4.69, 9.17) is 0 Å². The summed E-state index contributed by atoms with van der Waals surface area (Å²) < 4.78 is 0. The van der Waals surface area contributed by atoms with Gasteiger partial charge in [0.1, 0.15) is 5.01 Å². The van der Waals surface area contributed by atoms with Gasteiger partial charge in [-0.05, 0) is 51.0 Å². The van der Waals surface area contributed by atoms with Crippen molar-refractivity contribution in [1.82, 2.24) is 4.98 Å². The Morgan fingerprint density at radius 3 is 2.85 bits per heavy atom. The molecule has 1 aromatic heterocycles. The van der Waals surface area contributed by atoms with Crippen LogP contribution < -0.4 is 4.90 Å². The Morgan fingerprint density at radius 1 is 1.40 bits per heavy atom. The van der Waals surface area contributed by atoms with Crippen molar-refractivity contribution in [2.45, 2.75) is 33.7 Å². The number of fused-ring (bicyclic) bond motifs is 1. The average molecular weight is 286 g/mol. The van der Waals surface area contributed by atoms with Crippen LogP contribution >= 0.6 is 11.3 Å². The number of rotatable bonds is 3.